The van der Waals surface area contributed by atoms with Crippen molar-refractivity contribution in [2.45, 2.75) is 6.42 Å². The van der Waals surface area contributed by atoms with Crippen molar-refractivity contribution >= 4 is 43.3 Å². The van der Waals surface area contributed by atoms with Gasteiger partial charge in [0.25, 0.3) is 0 Å². The van der Waals surface area contributed by atoms with Crippen LogP contribution in [-0.4, -0.2) is 10.8 Å². The molecule has 0 aliphatic heterocycles. The zero-order valence-electron chi connectivity index (χ0n) is 9.97. The molecule has 0 radical (unpaired) electrons. The molecule has 19 heavy (non-hydrogen) atoms. The predicted molar refractivity (Wildman–Crippen MR) is 81.8 cm³/mol. The molecule has 0 fully saturated rings. The minimum absolute atomic E-state index is 0.0923. The standard InChI is InChI=1S/C15H10BrNOS/c16-12-4-2-1-3-10(12)7-14(18)11-8-15-13(17-9-11)5-6-19-15/h1-6,8-9H,7H2. The van der Waals surface area contributed by atoms with Crippen LogP contribution in [0.15, 0.2) is 52.4 Å². The maximum Gasteiger partial charge on any atom is 0.168 e. The SMILES string of the molecule is O=C(Cc1ccccc1Br)c1cnc2ccsc2c1. The van der Waals surface area contributed by atoms with Crippen LogP contribution in [0.25, 0.3) is 10.2 Å². The van der Waals surface area contributed by atoms with Crippen LogP contribution in [0.3, 0.4) is 0 Å². The Balaban J connectivity index is 1.89. The van der Waals surface area contributed by atoms with Crippen molar-refractivity contribution in [3.05, 3.63) is 63.6 Å². The molecule has 3 aromatic rings. The van der Waals surface area contributed by atoms with E-state index in [2.05, 4.69) is 20.9 Å². The molecular formula is C15H10BrNOS. The number of fused-ring (bicyclic) bond motifs is 1. The van der Waals surface area contributed by atoms with E-state index in [4.69, 9.17) is 0 Å². The number of pyridine rings is 1. The predicted octanol–water partition coefficient (Wildman–Crippen LogP) is 4.48. The molecule has 0 saturated heterocycles. The Bertz CT molecular complexity index is 750. The number of ketones is 1. The molecule has 4 heteroatoms. The number of rotatable bonds is 3. The average molecular weight is 332 g/mol. The Morgan fingerprint density at radius 2 is 2.11 bits per heavy atom. The summed E-state index contributed by atoms with van der Waals surface area (Å²) in [6.07, 6.45) is 2.05. The van der Waals surface area contributed by atoms with Crippen molar-refractivity contribution in [2.24, 2.45) is 0 Å². The first-order valence-corrected chi connectivity index (χ1v) is 7.51. The molecular weight excluding hydrogens is 322 g/mol. The van der Waals surface area contributed by atoms with Crippen molar-refractivity contribution in [1.82, 2.24) is 4.98 Å². The van der Waals surface area contributed by atoms with Gasteiger partial charge in [0.15, 0.2) is 5.78 Å². The van der Waals surface area contributed by atoms with E-state index >= 15 is 0 Å². The first-order valence-electron chi connectivity index (χ1n) is 5.84. The van der Waals surface area contributed by atoms with Gasteiger partial charge in [0.05, 0.1) is 10.2 Å². The number of hydrogen-bond acceptors (Lipinski definition) is 3. The van der Waals surface area contributed by atoms with Crippen LogP contribution >= 0.6 is 27.3 Å². The quantitative estimate of drug-likeness (QED) is 0.662. The van der Waals surface area contributed by atoms with Gasteiger partial charge >= 0.3 is 0 Å². The second-order valence-corrected chi connectivity index (χ2v) is 6.02. The van der Waals surface area contributed by atoms with E-state index in [1.807, 2.05) is 41.8 Å². The first-order chi connectivity index (χ1) is 9.24. The number of carbonyl (C=O) groups excluding carboxylic acids is 1. The summed E-state index contributed by atoms with van der Waals surface area (Å²) in [5.41, 5.74) is 2.62. The molecule has 0 spiro atoms. The topological polar surface area (TPSA) is 30.0 Å². The van der Waals surface area contributed by atoms with E-state index in [-0.39, 0.29) is 5.78 Å². The normalized spacial score (nSPS) is 10.8. The zero-order valence-corrected chi connectivity index (χ0v) is 12.4. The lowest BCUT2D eigenvalue weighted by atomic mass is 10.0. The van der Waals surface area contributed by atoms with Gasteiger partial charge in [-0.25, -0.2) is 0 Å². The molecule has 0 aliphatic rings. The second kappa shape index (κ2) is 5.23. The van der Waals surface area contributed by atoms with Gasteiger partial charge in [0.1, 0.15) is 0 Å². The first kappa shape index (κ1) is 12.5. The molecule has 3 rings (SSSR count). The molecule has 2 aromatic heterocycles. The number of hydrogen-bond donors (Lipinski definition) is 0. The van der Waals surface area contributed by atoms with E-state index in [9.17, 15) is 4.79 Å². The third kappa shape index (κ3) is 2.60. The molecule has 0 saturated carbocycles. The van der Waals surface area contributed by atoms with Crippen LogP contribution in [0, 0.1) is 0 Å². The third-order valence-corrected chi connectivity index (χ3v) is 4.56. The largest absolute Gasteiger partial charge is 0.294 e. The van der Waals surface area contributed by atoms with Crippen LogP contribution in [0.5, 0.6) is 0 Å². The minimum atomic E-state index is 0.0923. The zero-order chi connectivity index (χ0) is 13.2. The molecule has 0 bridgehead atoms. The summed E-state index contributed by atoms with van der Waals surface area (Å²) >= 11 is 5.07. The van der Waals surface area contributed by atoms with E-state index in [0.29, 0.717) is 12.0 Å². The van der Waals surface area contributed by atoms with E-state index < -0.39 is 0 Å². The van der Waals surface area contributed by atoms with Crippen LogP contribution in [0.4, 0.5) is 0 Å². The van der Waals surface area contributed by atoms with E-state index in [1.54, 1.807) is 17.5 Å². The Morgan fingerprint density at radius 3 is 2.95 bits per heavy atom. The van der Waals surface area contributed by atoms with Crippen molar-refractivity contribution in [3.8, 4) is 0 Å². The van der Waals surface area contributed by atoms with Crippen molar-refractivity contribution in [3.63, 3.8) is 0 Å². The molecule has 0 atom stereocenters. The third-order valence-electron chi connectivity index (χ3n) is 2.93. The number of nitrogens with zero attached hydrogens (tertiary/aromatic N) is 1. The van der Waals surface area contributed by atoms with Crippen LogP contribution in [0.2, 0.25) is 0 Å². The van der Waals surface area contributed by atoms with E-state index in [0.717, 1.165) is 20.3 Å². The van der Waals surface area contributed by atoms with Crippen molar-refractivity contribution < 1.29 is 4.79 Å². The van der Waals surface area contributed by atoms with Gasteiger partial charge in [-0.05, 0) is 29.1 Å². The minimum Gasteiger partial charge on any atom is -0.294 e. The summed E-state index contributed by atoms with van der Waals surface area (Å²) in [5.74, 6) is 0.0923. The number of benzene rings is 1. The molecule has 94 valence electrons. The molecule has 0 N–H and O–H groups in total. The van der Waals surface area contributed by atoms with E-state index in [1.165, 1.54) is 0 Å². The Hall–Kier alpha value is -1.52. The Kier molecular flexibility index (Phi) is 3.44. The van der Waals surface area contributed by atoms with Crippen molar-refractivity contribution in [1.29, 1.82) is 0 Å². The summed E-state index contributed by atoms with van der Waals surface area (Å²) in [4.78, 5) is 16.6. The number of aromatic nitrogens is 1. The van der Waals surface area contributed by atoms with Gasteiger partial charge in [-0.3, -0.25) is 9.78 Å². The molecule has 0 amide bonds. The lowest BCUT2D eigenvalue weighted by molar-refractivity contribution is 0.0992. The summed E-state index contributed by atoms with van der Waals surface area (Å²) in [7, 11) is 0. The van der Waals surface area contributed by atoms with Gasteiger partial charge in [-0.1, -0.05) is 34.1 Å². The fourth-order valence-corrected chi connectivity index (χ4v) is 3.12. The van der Waals surface area contributed by atoms with Crippen LogP contribution in [0.1, 0.15) is 15.9 Å². The highest BCUT2D eigenvalue weighted by molar-refractivity contribution is 9.10. The highest BCUT2D eigenvalue weighted by atomic mass is 79.9. The van der Waals surface area contributed by atoms with Gasteiger partial charge in [-0.2, -0.15) is 0 Å². The Morgan fingerprint density at radius 1 is 1.26 bits per heavy atom. The summed E-state index contributed by atoms with van der Waals surface area (Å²) in [5, 5.41) is 1.99. The van der Waals surface area contributed by atoms with Gasteiger partial charge in [0.2, 0.25) is 0 Å². The van der Waals surface area contributed by atoms with Gasteiger partial charge in [-0.15, -0.1) is 11.3 Å². The van der Waals surface area contributed by atoms with Crippen LogP contribution in [-0.2, 0) is 6.42 Å². The monoisotopic (exact) mass is 331 g/mol. The summed E-state index contributed by atoms with van der Waals surface area (Å²) in [6.45, 7) is 0. The highest BCUT2D eigenvalue weighted by Gasteiger charge is 2.10. The lowest BCUT2D eigenvalue weighted by Crippen LogP contribution is -2.04. The Labute approximate surface area is 123 Å². The van der Waals surface area contributed by atoms with Crippen LogP contribution < -0.4 is 0 Å². The van der Waals surface area contributed by atoms with Gasteiger partial charge < -0.3 is 0 Å². The number of Topliss-reactive ketones (excluding diaryl/α,β-unsaturated/α-hetero) is 1. The maximum atomic E-state index is 12.3. The molecule has 2 nitrogen and oxygen atoms in total. The fraction of sp³-hybridized carbons (Fsp3) is 0.0667. The smallest absolute Gasteiger partial charge is 0.168 e. The average Bonchev–Trinajstić information content (AvgIpc) is 2.88. The van der Waals surface area contributed by atoms with Gasteiger partial charge in [0, 0.05) is 22.7 Å². The highest BCUT2D eigenvalue weighted by Crippen LogP contribution is 2.22. The molecule has 0 unspecified atom stereocenters. The maximum absolute atomic E-state index is 12.3. The number of halogens is 1. The summed E-state index contributed by atoms with van der Waals surface area (Å²) in [6, 6.07) is 11.7. The second-order valence-electron chi connectivity index (χ2n) is 4.22. The molecule has 1 aromatic carbocycles. The van der Waals surface area contributed by atoms with Crippen molar-refractivity contribution in [2.75, 3.05) is 0 Å². The summed E-state index contributed by atoms with van der Waals surface area (Å²) < 4.78 is 2.02. The number of thiophene rings is 1. The fourth-order valence-electron chi connectivity index (χ4n) is 1.92. The lowest BCUT2D eigenvalue weighted by Gasteiger charge is -2.03. The number of carbonyl (C=O) groups is 1. The molecule has 0 aliphatic carbocycles. The molecule has 2 heterocycles.